The Hall–Kier alpha value is -2.15. The molecule has 2 atom stereocenters. The third-order valence-electron chi connectivity index (χ3n) is 2.40. The van der Waals surface area contributed by atoms with Crippen LogP contribution in [-0.4, -0.2) is 18.0 Å². The number of carbonyl (C=O) groups excluding carboxylic acids is 2. The Morgan fingerprint density at radius 3 is 2.47 bits per heavy atom. The van der Waals surface area contributed by atoms with Crippen LogP contribution in [0.2, 0.25) is 0 Å². The summed E-state index contributed by atoms with van der Waals surface area (Å²) in [5.74, 6) is -1.48. The molecular formula is C12H16FN3O3. The summed E-state index contributed by atoms with van der Waals surface area (Å²) < 4.78 is 18.8. The van der Waals surface area contributed by atoms with Crippen LogP contribution in [0.5, 0.6) is 5.75 Å². The van der Waals surface area contributed by atoms with E-state index in [1.165, 1.54) is 19.1 Å². The molecular weight excluding hydrogens is 253 g/mol. The molecule has 1 rings (SSSR count). The van der Waals surface area contributed by atoms with Crippen LogP contribution < -0.4 is 21.5 Å². The van der Waals surface area contributed by atoms with Crippen molar-refractivity contribution in [1.29, 1.82) is 0 Å². The van der Waals surface area contributed by atoms with Crippen LogP contribution in [0.15, 0.2) is 18.2 Å². The van der Waals surface area contributed by atoms with Crippen molar-refractivity contribution in [1.82, 2.24) is 5.32 Å². The quantitative estimate of drug-likeness (QED) is 0.751. The number of amides is 3. The van der Waals surface area contributed by atoms with Gasteiger partial charge in [-0.25, -0.2) is 9.18 Å². The van der Waals surface area contributed by atoms with Crippen LogP contribution in [-0.2, 0) is 4.79 Å². The molecule has 19 heavy (non-hydrogen) atoms. The van der Waals surface area contributed by atoms with E-state index >= 15 is 0 Å². The molecule has 2 unspecified atom stereocenters. The second-order valence-electron chi connectivity index (χ2n) is 4.09. The van der Waals surface area contributed by atoms with Crippen LogP contribution >= 0.6 is 0 Å². The minimum Gasteiger partial charge on any atom is -0.478 e. The van der Waals surface area contributed by atoms with Crippen molar-refractivity contribution in [3.63, 3.8) is 0 Å². The van der Waals surface area contributed by atoms with Gasteiger partial charge in [-0.15, -0.1) is 0 Å². The van der Waals surface area contributed by atoms with Gasteiger partial charge in [-0.3, -0.25) is 10.1 Å². The monoisotopic (exact) mass is 269 g/mol. The standard InChI is InChI=1S/C12H16FN3O3/c1-6(14)8-3-4-10(9(13)5-8)19-7(2)11(17)16-12(15)18/h3-7H,14H2,1-2H3,(H3,15,16,17,18). The summed E-state index contributed by atoms with van der Waals surface area (Å²) >= 11 is 0. The van der Waals surface area contributed by atoms with Gasteiger partial charge >= 0.3 is 6.03 Å². The molecule has 6 nitrogen and oxygen atoms in total. The second-order valence-corrected chi connectivity index (χ2v) is 4.09. The number of halogens is 1. The van der Waals surface area contributed by atoms with Gasteiger partial charge in [0.2, 0.25) is 0 Å². The lowest BCUT2D eigenvalue weighted by atomic mass is 10.1. The number of urea groups is 1. The topological polar surface area (TPSA) is 107 Å². The van der Waals surface area contributed by atoms with Crippen molar-refractivity contribution in [2.75, 3.05) is 0 Å². The second kappa shape index (κ2) is 6.14. The van der Waals surface area contributed by atoms with Crippen LogP contribution in [0.1, 0.15) is 25.5 Å². The molecule has 0 aromatic heterocycles. The van der Waals surface area contributed by atoms with Gasteiger partial charge in [0, 0.05) is 6.04 Å². The maximum atomic E-state index is 13.7. The first kappa shape index (κ1) is 14.9. The number of hydrogen-bond acceptors (Lipinski definition) is 4. The molecule has 0 aliphatic carbocycles. The van der Waals surface area contributed by atoms with Crippen molar-refractivity contribution in [2.45, 2.75) is 26.0 Å². The molecule has 0 bridgehead atoms. The Morgan fingerprint density at radius 2 is 2.00 bits per heavy atom. The highest BCUT2D eigenvalue weighted by Crippen LogP contribution is 2.22. The van der Waals surface area contributed by atoms with Gasteiger partial charge in [0.25, 0.3) is 5.91 Å². The first-order valence-electron chi connectivity index (χ1n) is 5.63. The zero-order valence-electron chi connectivity index (χ0n) is 10.6. The van der Waals surface area contributed by atoms with Gasteiger partial charge < -0.3 is 16.2 Å². The SMILES string of the molecule is CC(Oc1ccc(C(C)N)cc1F)C(=O)NC(N)=O. The van der Waals surface area contributed by atoms with Gasteiger partial charge in [0.1, 0.15) is 0 Å². The number of hydrogen-bond donors (Lipinski definition) is 3. The molecule has 104 valence electrons. The van der Waals surface area contributed by atoms with E-state index in [9.17, 15) is 14.0 Å². The van der Waals surface area contributed by atoms with E-state index in [4.69, 9.17) is 16.2 Å². The molecule has 0 fully saturated rings. The smallest absolute Gasteiger partial charge is 0.318 e. The third kappa shape index (κ3) is 4.22. The number of benzene rings is 1. The Bertz CT molecular complexity index is 491. The molecule has 3 amide bonds. The van der Waals surface area contributed by atoms with Crippen LogP contribution in [0.4, 0.5) is 9.18 Å². The Kier molecular flexibility index (Phi) is 4.82. The molecule has 0 aliphatic heterocycles. The lowest BCUT2D eigenvalue weighted by molar-refractivity contribution is -0.126. The van der Waals surface area contributed by atoms with E-state index in [1.807, 2.05) is 5.32 Å². The maximum absolute atomic E-state index is 13.7. The summed E-state index contributed by atoms with van der Waals surface area (Å²) in [6, 6.07) is 2.91. The Labute approximate surface area is 109 Å². The number of ether oxygens (including phenoxy) is 1. The van der Waals surface area contributed by atoms with Crippen molar-refractivity contribution < 1.29 is 18.7 Å². The first-order valence-corrected chi connectivity index (χ1v) is 5.63. The summed E-state index contributed by atoms with van der Waals surface area (Å²) in [4.78, 5) is 21.9. The molecule has 0 spiro atoms. The summed E-state index contributed by atoms with van der Waals surface area (Å²) in [5, 5.41) is 1.84. The van der Waals surface area contributed by atoms with Crippen molar-refractivity contribution in [3.05, 3.63) is 29.6 Å². The van der Waals surface area contributed by atoms with E-state index < -0.39 is 23.9 Å². The predicted octanol–water partition coefficient (Wildman–Crippen LogP) is 0.808. The minimum atomic E-state index is -1.05. The zero-order valence-corrected chi connectivity index (χ0v) is 10.6. The molecule has 1 aromatic carbocycles. The highest BCUT2D eigenvalue weighted by atomic mass is 19.1. The normalized spacial score (nSPS) is 13.5. The number of nitrogens with one attached hydrogen (secondary N) is 1. The minimum absolute atomic E-state index is 0.100. The van der Waals surface area contributed by atoms with Crippen LogP contribution in [0.3, 0.4) is 0 Å². The van der Waals surface area contributed by atoms with Crippen molar-refractivity contribution >= 4 is 11.9 Å². The van der Waals surface area contributed by atoms with E-state index in [2.05, 4.69) is 0 Å². The number of carbonyl (C=O) groups is 2. The lowest BCUT2D eigenvalue weighted by Crippen LogP contribution is -2.42. The molecule has 0 aliphatic rings. The number of nitrogens with two attached hydrogens (primary N) is 2. The van der Waals surface area contributed by atoms with Crippen LogP contribution in [0.25, 0.3) is 0 Å². The van der Waals surface area contributed by atoms with Gasteiger partial charge in [0.15, 0.2) is 17.7 Å². The van der Waals surface area contributed by atoms with Gasteiger partial charge in [0.05, 0.1) is 0 Å². The average molecular weight is 269 g/mol. The van der Waals surface area contributed by atoms with Crippen molar-refractivity contribution in [3.8, 4) is 5.75 Å². The van der Waals surface area contributed by atoms with Gasteiger partial charge in [-0.2, -0.15) is 0 Å². The van der Waals surface area contributed by atoms with E-state index in [0.717, 1.165) is 0 Å². The molecule has 5 N–H and O–H groups in total. The van der Waals surface area contributed by atoms with Gasteiger partial charge in [-0.05, 0) is 31.5 Å². The highest BCUT2D eigenvalue weighted by Gasteiger charge is 2.18. The fraction of sp³-hybridized carbons (Fsp3) is 0.333. The Morgan fingerprint density at radius 1 is 1.37 bits per heavy atom. The fourth-order valence-corrected chi connectivity index (χ4v) is 1.36. The molecule has 1 aromatic rings. The number of imide groups is 1. The zero-order chi connectivity index (χ0) is 14.6. The van der Waals surface area contributed by atoms with E-state index in [1.54, 1.807) is 13.0 Å². The number of primary amides is 1. The summed E-state index contributed by atoms with van der Waals surface area (Å²) in [6.45, 7) is 3.09. The fourth-order valence-electron chi connectivity index (χ4n) is 1.36. The molecule has 0 saturated heterocycles. The Balaban J connectivity index is 2.77. The summed E-state index contributed by atoms with van der Waals surface area (Å²) in [7, 11) is 0. The molecule has 0 radical (unpaired) electrons. The summed E-state index contributed by atoms with van der Waals surface area (Å²) in [5.41, 5.74) is 11.0. The molecule has 0 saturated carbocycles. The van der Waals surface area contributed by atoms with Crippen molar-refractivity contribution in [2.24, 2.45) is 11.5 Å². The summed E-state index contributed by atoms with van der Waals surface area (Å²) in [6.07, 6.45) is -1.05. The van der Waals surface area contributed by atoms with E-state index in [0.29, 0.717) is 5.56 Å². The first-order chi connectivity index (χ1) is 8.81. The van der Waals surface area contributed by atoms with E-state index in [-0.39, 0.29) is 11.8 Å². The lowest BCUT2D eigenvalue weighted by Gasteiger charge is -2.15. The number of rotatable bonds is 4. The largest absolute Gasteiger partial charge is 0.478 e. The average Bonchev–Trinajstić information content (AvgIpc) is 2.30. The third-order valence-corrected chi connectivity index (χ3v) is 2.40. The molecule has 7 heteroatoms. The molecule has 0 heterocycles. The predicted molar refractivity (Wildman–Crippen MR) is 66.8 cm³/mol. The van der Waals surface area contributed by atoms with Crippen LogP contribution in [0, 0.1) is 5.82 Å². The maximum Gasteiger partial charge on any atom is 0.318 e. The highest BCUT2D eigenvalue weighted by molar-refractivity contribution is 5.95. The van der Waals surface area contributed by atoms with Gasteiger partial charge in [-0.1, -0.05) is 6.07 Å².